The van der Waals surface area contributed by atoms with Crippen LogP contribution < -0.4 is 5.32 Å². The summed E-state index contributed by atoms with van der Waals surface area (Å²) < 4.78 is 0. The van der Waals surface area contributed by atoms with Crippen LogP contribution in [0.15, 0.2) is 0 Å². The predicted molar refractivity (Wildman–Crippen MR) is 69.8 cm³/mol. The van der Waals surface area contributed by atoms with Crippen LogP contribution in [0.5, 0.6) is 0 Å². The quantitative estimate of drug-likeness (QED) is 0.754. The van der Waals surface area contributed by atoms with E-state index in [4.69, 9.17) is 0 Å². The molecule has 1 rings (SSSR count). The van der Waals surface area contributed by atoms with Crippen LogP contribution in [0, 0.1) is 0 Å². The van der Waals surface area contributed by atoms with Crippen molar-refractivity contribution < 1.29 is 9.59 Å². The number of nitrogens with zero attached hydrogens (tertiary/aromatic N) is 2. The second-order valence-electron chi connectivity index (χ2n) is 4.32. The standard InChI is InChI=1S/C11H21N3O2S/c1-4-5-14(6-10(15)13(2)3)11(16)9-7-17-8-12-9/h9,12H,4-8H2,1-3H3. The zero-order valence-corrected chi connectivity index (χ0v) is 11.5. The van der Waals surface area contributed by atoms with Gasteiger partial charge >= 0.3 is 0 Å². The lowest BCUT2D eigenvalue weighted by Gasteiger charge is -2.25. The van der Waals surface area contributed by atoms with E-state index >= 15 is 0 Å². The van der Waals surface area contributed by atoms with Gasteiger partial charge in [-0.1, -0.05) is 6.92 Å². The molecule has 1 saturated heterocycles. The van der Waals surface area contributed by atoms with Gasteiger partial charge < -0.3 is 9.80 Å². The Morgan fingerprint density at radius 1 is 1.41 bits per heavy atom. The smallest absolute Gasteiger partial charge is 0.241 e. The average molecular weight is 259 g/mol. The van der Waals surface area contributed by atoms with Gasteiger partial charge in [-0.05, 0) is 6.42 Å². The molecule has 0 bridgehead atoms. The first-order valence-electron chi connectivity index (χ1n) is 5.86. The lowest BCUT2D eigenvalue weighted by atomic mass is 10.2. The molecule has 98 valence electrons. The van der Waals surface area contributed by atoms with Gasteiger partial charge in [-0.2, -0.15) is 0 Å². The molecule has 1 fully saturated rings. The molecule has 1 aliphatic heterocycles. The highest BCUT2D eigenvalue weighted by atomic mass is 32.2. The number of carbonyl (C=O) groups excluding carboxylic acids is 2. The first kappa shape index (κ1) is 14.3. The third-order valence-corrected chi connectivity index (χ3v) is 3.58. The van der Waals surface area contributed by atoms with Crippen molar-refractivity contribution in [2.24, 2.45) is 0 Å². The molecule has 1 aliphatic rings. The summed E-state index contributed by atoms with van der Waals surface area (Å²) >= 11 is 1.72. The van der Waals surface area contributed by atoms with Gasteiger partial charge in [-0.15, -0.1) is 11.8 Å². The van der Waals surface area contributed by atoms with Crippen LogP contribution in [-0.4, -0.2) is 66.5 Å². The zero-order chi connectivity index (χ0) is 12.8. The van der Waals surface area contributed by atoms with Gasteiger partial charge in [0.25, 0.3) is 0 Å². The monoisotopic (exact) mass is 259 g/mol. The fraction of sp³-hybridized carbons (Fsp3) is 0.818. The van der Waals surface area contributed by atoms with Crippen molar-refractivity contribution in [3.63, 3.8) is 0 Å². The lowest BCUT2D eigenvalue weighted by Crippen LogP contribution is -2.48. The first-order valence-corrected chi connectivity index (χ1v) is 7.01. The number of amides is 2. The number of nitrogens with one attached hydrogen (secondary N) is 1. The van der Waals surface area contributed by atoms with Gasteiger partial charge in [-0.25, -0.2) is 0 Å². The summed E-state index contributed by atoms with van der Waals surface area (Å²) in [5.74, 6) is 1.64. The average Bonchev–Trinajstić information content (AvgIpc) is 2.80. The van der Waals surface area contributed by atoms with E-state index in [-0.39, 0.29) is 24.4 Å². The molecule has 2 amide bonds. The minimum atomic E-state index is -0.124. The van der Waals surface area contributed by atoms with Gasteiger partial charge in [0.1, 0.15) is 0 Å². The van der Waals surface area contributed by atoms with Crippen molar-refractivity contribution in [2.45, 2.75) is 19.4 Å². The van der Waals surface area contributed by atoms with E-state index in [1.54, 1.807) is 30.8 Å². The number of carbonyl (C=O) groups is 2. The minimum absolute atomic E-state index is 0.0301. The number of likely N-dealkylation sites (N-methyl/N-ethyl adjacent to an activating group) is 1. The lowest BCUT2D eigenvalue weighted by molar-refractivity contribution is -0.140. The Balaban J connectivity index is 2.57. The molecule has 0 aromatic rings. The van der Waals surface area contributed by atoms with Gasteiger partial charge in [0, 0.05) is 32.3 Å². The van der Waals surface area contributed by atoms with E-state index in [9.17, 15) is 9.59 Å². The van der Waals surface area contributed by atoms with Crippen molar-refractivity contribution >= 4 is 23.6 Å². The molecule has 1 N–H and O–H groups in total. The van der Waals surface area contributed by atoms with Crippen molar-refractivity contribution in [3.05, 3.63) is 0 Å². The molecule has 1 heterocycles. The maximum absolute atomic E-state index is 12.2. The molecule has 0 aromatic carbocycles. The van der Waals surface area contributed by atoms with Crippen molar-refractivity contribution in [2.75, 3.05) is 38.8 Å². The first-order chi connectivity index (χ1) is 8.06. The zero-order valence-electron chi connectivity index (χ0n) is 10.7. The molecule has 0 radical (unpaired) electrons. The molecule has 1 unspecified atom stereocenters. The predicted octanol–water partition coefficient (Wildman–Crippen LogP) is -0.0243. The van der Waals surface area contributed by atoms with Crippen LogP contribution in [0.1, 0.15) is 13.3 Å². The fourth-order valence-corrected chi connectivity index (χ4v) is 2.55. The Kier molecular flexibility index (Phi) is 5.77. The van der Waals surface area contributed by atoms with E-state index in [2.05, 4.69) is 5.32 Å². The summed E-state index contributed by atoms with van der Waals surface area (Å²) in [6.45, 7) is 2.83. The molecule has 6 heteroatoms. The largest absolute Gasteiger partial charge is 0.347 e. The normalized spacial score (nSPS) is 19.1. The molecule has 17 heavy (non-hydrogen) atoms. The minimum Gasteiger partial charge on any atom is -0.347 e. The van der Waals surface area contributed by atoms with E-state index in [0.717, 1.165) is 18.1 Å². The highest BCUT2D eigenvalue weighted by Crippen LogP contribution is 2.12. The number of hydrogen-bond acceptors (Lipinski definition) is 4. The van der Waals surface area contributed by atoms with Crippen molar-refractivity contribution in [3.8, 4) is 0 Å². The Morgan fingerprint density at radius 3 is 2.59 bits per heavy atom. The Hall–Kier alpha value is -0.750. The topological polar surface area (TPSA) is 52.7 Å². The summed E-state index contributed by atoms with van der Waals surface area (Å²) in [6, 6.07) is -0.124. The summed E-state index contributed by atoms with van der Waals surface area (Å²) in [5.41, 5.74) is 0. The molecule has 5 nitrogen and oxygen atoms in total. The van der Waals surface area contributed by atoms with Crippen LogP contribution in [0.4, 0.5) is 0 Å². The molecule has 0 spiro atoms. The van der Waals surface area contributed by atoms with Gasteiger partial charge in [-0.3, -0.25) is 14.9 Å². The molecule has 0 aromatic heterocycles. The van der Waals surface area contributed by atoms with E-state index in [1.165, 1.54) is 4.90 Å². The Morgan fingerprint density at radius 2 is 2.12 bits per heavy atom. The Bertz CT molecular complexity index is 278. The Labute approximate surface area is 107 Å². The van der Waals surface area contributed by atoms with Gasteiger partial charge in [0.15, 0.2) is 0 Å². The second-order valence-corrected chi connectivity index (χ2v) is 5.35. The van der Waals surface area contributed by atoms with E-state index in [0.29, 0.717) is 6.54 Å². The fourth-order valence-electron chi connectivity index (χ4n) is 1.62. The van der Waals surface area contributed by atoms with Crippen LogP contribution in [-0.2, 0) is 9.59 Å². The van der Waals surface area contributed by atoms with Crippen LogP contribution in [0.3, 0.4) is 0 Å². The third kappa shape index (κ3) is 4.20. The second kappa shape index (κ2) is 6.86. The van der Waals surface area contributed by atoms with Gasteiger partial charge in [0.05, 0.1) is 12.6 Å². The summed E-state index contributed by atoms with van der Waals surface area (Å²) in [6.07, 6.45) is 0.867. The maximum Gasteiger partial charge on any atom is 0.241 e. The van der Waals surface area contributed by atoms with Crippen molar-refractivity contribution in [1.29, 1.82) is 0 Å². The number of hydrogen-bond donors (Lipinski definition) is 1. The highest BCUT2D eigenvalue weighted by Gasteiger charge is 2.28. The SMILES string of the molecule is CCCN(CC(=O)N(C)C)C(=O)C1CSCN1. The summed E-state index contributed by atoms with van der Waals surface area (Å²) in [7, 11) is 3.42. The maximum atomic E-state index is 12.2. The van der Waals surface area contributed by atoms with E-state index < -0.39 is 0 Å². The molecule has 0 aliphatic carbocycles. The molecular formula is C11H21N3O2S. The van der Waals surface area contributed by atoms with Crippen LogP contribution in [0.25, 0.3) is 0 Å². The highest BCUT2D eigenvalue weighted by molar-refractivity contribution is 7.99. The molecule has 0 saturated carbocycles. The number of thioether (sulfide) groups is 1. The summed E-state index contributed by atoms with van der Waals surface area (Å²) in [5, 5.41) is 3.14. The molecule has 1 atom stereocenters. The van der Waals surface area contributed by atoms with Crippen molar-refractivity contribution in [1.82, 2.24) is 15.1 Å². The summed E-state index contributed by atoms with van der Waals surface area (Å²) in [4.78, 5) is 27.0. The third-order valence-electron chi connectivity index (χ3n) is 2.64. The number of rotatable bonds is 5. The van der Waals surface area contributed by atoms with E-state index in [1.807, 2.05) is 6.92 Å². The van der Waals surface area contributed by atoms with Crippen LogP contribution in [0.2, 0.25) is 0 Å². The van der Waals surface area contributed by atoms with Gasteiger partial charge in [0.2, 0.25) is 11.8 Å². The molecular weight excluding hydrogens is 238 g/mol. The van der Waals surface area contributed by atoms with Crippen LogP contribution >= 0.6 is 11.8 Å².